The first-order valence-corrected chi connectivity index (χ1v) is 9.00. The first-order valence-electron chi connectivity index (χ1n) is 9.00. The number of aryl methyl sites for hydroxylation is 1. The van der Waals surface area contributed by atoms with Crippen LogP contribution < -0.4 is 0 Å². The lowest BCUT2D eigenvalue weighted by molar-refractivity contribution is 0.0698. The minimum Gasteiger partial charge on any atom is -0.478 e. The fraction of sp³-hybridized carbons (Fsp3) is 0.550. The zero-order chi connectivity index (χ0) is 17.4. The van der Waals surface area contributed by atoms with Crippen LogP contribution in [0.25, 0.3) is 10.9 Å². The number of aromatic nitrogens is 1. The fourth-order valence-corrected chi connectivity index (χ4v) is 4.20. The summed E-state index contributed by atoms with van der Waals surface area (Å²) in [5.74, 6) is -0.830. The number of likely N-dealkylation sites (tertiary alicyclic amines) is 1. The number of carboxylic acid groups (broad SMARTS) is 1. The molecule has 1 aliphatic heterocycles. The van der Waals surface area contributed by atoms with E-state index in [1.807, 2.05) is 13.0 Å². The van der Waals surface area contributed by atoms with E-state index in [0.29, 0.717) is 5.56 Å². The van der Waals surface area contributed by atoms with Gasteiger partial charge >= 0.3 is 5.97 Å². The molecule has 4 nitrogen and oxygen atoms in total. The summed E-state index contributed by atoms with van der Waals surface area (Å²) in [6.45, 7) is 11.7. The number of benzene rings is 1. The second-order valence-corrected chi connectivity index (χ2v) is 7.29. The van der Waals surface area contributed by atoms with E-state index >= 15 is 0 Å². The lowest BCUT2D eigenvalue weighted by atomic mass is 10.0. The van der Waals surface area contributed by atoms with E-state index in [1.54, 1.807) is 0 Å². The van der Waals surface area contributed by atoms with Gasteiger partial charge < -0.3 is 14.6 Å². The molecule has 2 heterocycles. The molecule has 0 atom stereocenters. The van der Waals surface area contributed by atoms with E-state index in [4.69, 9.17) is 0 Å². The Morgan fingerprint density at radius 1 is 1.21 bits per heavy atom. The molecule has 3 rings (SSSR count). The molecular formula is C20H28N2O2. The van der Waals surface area contributed by atoms with Crippen LogP contribution in [0.15, 0.2) is 12.1 Å². The second-order valence-electron chi connectivity index (χ2n) is 7.29. The highest BCUT2D eigenvalue weighted by atomic mass is 16.4. The molecule has 24 heavy (non-hydrogen) atoms. The molecule has 1 N–H and O–H groups in total. The Bertz CT molecular complexity index is 768. The number of hydrogen-bond acceptors (Lipinski definition) is 2. The van der Waals surface area contributed by atoms with Crippen LogP contribution in [0.1, 0.15) is 59.9 Å². The predicted octanol–water partition coefficient (Wildman–Crippen LogP) is 4.18. The summed E-state index contributed by atoms with van der Waals surface area (Å²) in [7, 11) is 0. The van der Waals surface area contributed by atoms with Crippen LogP contribution in [-0.2, 0) is 6.42 Å². The van der Waals surface area contributed by atoms with Gasteiger partial charge in [0.05, 0.1) is 11.1 Å². The molecule has 2 aromatic rings. The van der Waals surface area contributed by atoms with Crippen molar-refractivity contribution < 1.29 is 9.90 Å². The lowest BCUT2D eigenvalue weighted by Gasteiger charge is -2.16. The highest BCUT2D eigenvalue weighted by molar-refractivity contribution is 6.05. The van der Waals surface area contributed by atoms with Gasteiger partial charge in [-0.1, -0.05) is 12.1 Å². The Morgan fingerprint density at radius 2 is 1.88 bits per heavy atom. The summed E-state index contributed by atoms with van der Waals surface area (Å²) in [5.41, 5.74) is 4.71. The van der Waals surface area contributed by atoms with E-state index < -0.39 is 5.97 Å². The van der Waals surface area contributed by atoms with Gasteiger partial charge in [-0.2, -0.15) is 0 Å². The minimum absolute atomic E-state index is 0.243. The third kappa shape index (κ3) is 2.84. The van der Waals surface area contributed by atoms with Gasteiger partial charge in [0, 0.05) is 23.7 Å². The third-order valence-electron chi connectivity index (χ3n) is 5.36. The Hall–Kier alpha value is -1.81. The van der Waals surface area contributed by atoms with Crippen molar-refractivity contribution in [1.82, 2.24) is 9.47 Å². The number of carbonyl (C=O) groups is 1. The number of rotatable bonds is 5. The van der Waals surface area contributed by atoms with Crippen molar-refractivity contribution in [2.45, 2.75) is 53.0 Å². The zero-order valence-corrected chi connectivity index (χ0v) is 15.2. The summed E-state index contributed by atoms with van der Waals surface area (Å²) in [4.78, 5) is 14.4. The van der Waals surface area contributed by atoms with Crippen molar-refractivity contribution in [2.75, 3.05) is 19.6 Å². The number of nitrogens with zero attached hydrogens (tertiary/aromatic N) is 2. The number of carboxylic acids is 1. The Labute approximate surface area is 144 Å². The van der Waals surface area contributed by atoms with Crippen molar-refractivity contribution in [3.63, 3.8) is 0 Å². The molecule has 1 aromatic heterocycles. The summed E-state index contributed by atoms with van der Waals surface area (Å²) in [6, 6.07) is 4.31. The summed E-state index contributed by atoms with van der Waals surface area (Å²) in [5, 5.41) is 10.9. The lowest BCUT2D eigenvalue weighted by Crippen LogP contribution is -2.22. The van der Waals surface area contributed by atoms with Gasteiger partial charge in [0.1, 0.15) is 0 Å². The molecule has 4 heteroatoms. The standard InChI is InChI=1S/C20H28N2O2/c1-13(2)22-15(4)16(9-12-21-10-5-6-11-21)17-8-7-14(3)18(19(17)22)20(23)24/h7-8,13H,5-6,9-12H2,1-4H3,(H,23,24). The maximum absolute atomic E-state index is 11.9. The molecule has 0 amide bonds. The van der Waals surface area contributed by atoms with Gasteiger partial charge in [-0.15, -0.1) is 0 Å². The van der Waals surface area contributed by atoms with Crippen LogP contribution in [0.3, 0.4) is 0 Å². The molecule has 0 aliphatic carbocycles. The van der Waals surface area contributed by atoms with Crippen LogP contribution in [0.4, 0.5) is 0 Å². The number of fused-ring (bicyclic) bond motifs is 1. The van der Waals surface area contributed by atoms with Crippen LogP contribution >= 0.6 is 0 Å². The molecule has 1 saturated heterocycles. The van der Waals surface area contributed by atoms with E-state index in [-0.39, 0.29) is 6.04 Å². The first kappa shape index (κ1) is 17.0. The zero-order valence-electron chi connectivity index (χ0n) is 15.2. The molecule has 1 aromatic carbocycles. The molecule has 0 spiro atoms. The Morgan fingerprint density at radius 3 is 2.46 bits per heavy atom. The smallest absolute Gasteiger partial charge is 0.338 e. The van der Waals surface area contributed by atoms with E-state index in [9.17, 15) is 9.90 Å². The van der Waals surface area contributed by atoms with Crippen molar-refractivity contribution >= 4 is 16.9 Å². The highest BCUT2D eigenvalue weighted by Gasteiger charge is 2.23. The molecule has 0 unspecified atom stereocenters. The van der Waals surface area contributed by atoms with Crippen molar-refractivity contribution in [3.05, 3.63) is 34.5 Å². The van der Waals surface area contributed by atoms with Crippen molar-refractivity contribution in [3.8, 4) is 0 Å². The topological polar surface area (TPSA) is 45.5 Å². The fourth-order valence-electron chi connectivity index (χ4n) is 4.20. The van der Waals surface area contributed by atoms with Gasteiger partial charge in [-0.25, -0.2) is 4.79 Å². The quantitative estimate of drug-likeness (QED) is 0.896. The maximum atomic E-state index is 11.9. The van der Waals surface area contributed by atoms with Gasteiger partial charge in [0.2, 0.25) is 0 Å². The number of hydrogen-bond donors (Lipinski definition) is 1. The monoisotopic (exact) mass is 328 g/mol. The number of aromatic carboxylic acids is 1. The molecular weight excluding hydrogens is 300 g/mol. The van der Waals surface area contributed by atoms with Crippen LogP contribution in [0.2, 0.25) is 0 Å². The first-order chi connectivity index (χ1) is 11.4. The predicted molar refractivity (Wildman–Crippen MR) is 98.1 cm³/mol. The maximum Gasteiger partial charge on any atom is 0.338 e. The van der Waals surface area contributed by atoms with Crippen LogP contribution in [-0.4, -0.2) is 40.2 Å². The summed E-state index contributed by atoms with van der Waals surface area (Å²) < 4.78 is 2.21. The summed E-state index contributed by atoms with van der Waals surface area (Å²) in [6.07, 6.45) is 3.59. The Balaban J connectivity index is 2.13. The third-order valence-corrected chi connectivity index (χ3v) is 5.36. The molecule has 1 aliphatic rings. The average Bonchev–Trinajstić information content (AvgIpc) is 3.10. The van der Waals surface area contributed by atoms with Gasteiger partial charge in [-0.3, -0.25) is 0 Å². The van der Waals surface area contributed by atoms with E-state index in [2.05, 4.69) is 36.3 Å². The minimum atomic E-state index is -0.830. The molecule has 0 saturated carbocycles. The molecule has 130 valence electrons. The van der Waals surface area contributed by atoms with E-state index in [1.165, 1.54) is 37.2 Å². The van der Waals surface area contributed by atoms with E-state index in [0.717, 1.165) is 29.4 Å². The van der Waals surface area contributed by atoms with Gasteiger partial charge in [0.15, 0.2) is 0 Å². The van der Waals surface area contributed by atoms with Crippen LogP contribution in [0, 0.1) is 13.8 Å². The van der Waals surface area contributed by atoms with Crippen molar-refractivity contribution in [1.29, 1.82) is 0 Å². The van der Waals surface area contributed by atoms with Crippen molar-refractivity contribution in [2.24, 2.45) is 0 Å². The largest absolute Gasteiger partial charge is 0.478 e. The highest BCUT2D eigenvalue weighted by Crippen LogP contribution is 2.33. The van der Waals surface area contributed by atoms with Gasteiger partial charge in [0.25, 0.3) is 0 Å². The SMILES string of the molecule is Cc1ccc2c(CCN3CCCC3)c(C)n(C(C)C)c2c1C(=O)O. The average molecular weight is 328 g/mol. The summed E-state index contributed by atoms with van der Waals surface area (Å²) >= 11 is 0. The molecule has 0 radical (unpaired) electrons. The van der Waals surface area contributed by atoms with Gasteiger partial charge in [-0.05, 0) is 71.2 Å². The molecule has 1 fully saturated rings. The molecule has 0 bridgehead atoms. The second kappa shape index (κ2) is 6.60. The van der Waals surface area contributed by atoms with Crippen LogP contribution in [0.5, 0.6) is 0 Å². The normalized spacial score (nSPS) is 15.7. The Kier molecular flexibility index (Phi) is 4.68.